The zero-order valence-corrected chi connectivity index (χ0v) is 22.1. The number of nitrogens with two attached hydrogens (primary N) is 2. The summed E-state index contributed by atoms with van der Waals surface area (Å²) in [4.78, 5) is 26.7. The number of anilines is 1. The highest BCUT2D eigenvalue weighted by Gasteiger charge is 2.23. The third-order valence-electron chi connectivity index (χ3n) is 5.90. The molecule has 0 fully saturated rings. The number of hydrogen-bond acceptors (Lipinski definition) is 9. The van der Waals surface area contributed by atoms with Crippen molar-refractivity contribution in [3.63, 3.8) is 0 Å². The summed E-state index contributed by atoms with van der Waals surface area (Å²) in [5.41, 5.74) is 12.9. The molecule has 1 aromatic heterocycles. The largest absolute Gasteiger partial charge is 0.493 e. The maximum Gasteiger partial charge on any atom is 0.254 e. The van der Waals surface area contributed by atoms with Crippen molar-refractivity contribution in [3.8, 4) is 17.2 Å². The molecule has 0 unspecified atom stereocenters. The van der Waals surface area contributed by atoms with Gasteiger partial charge >= 0.3 is 0 Å². The first-order valence-corrected chi connectivity index (χ1v) is 12.4. The molecule has 0 aliphatic carbocycles. The van der Waals surface area contributed by atoms with Crippen LogP contribution >= 0.6 is 0 Å². The average Bonchev–Trinajstić information content (AvgIpc) is 3.31. The van der Waals surface area contributed by atoms with E-state index in [1.165, 1.54) is 0 Å². The number of aromatic nitrogens is 1. The molecular weight excluding hydrogens is 476 g/mol. The maximum atomic E-state index is 13.0. The lowest BCUT2D eigenvalue weighted by Crippen LogP contribution is -2.42. The van der Waals surface area contributed by atoms with Gasteiger partial charge < -0.3 is 35.1 Å². The van der Waals surface area contributed by atoms with Gasteiger partial charge in [-0.15, -0.1) is 0 Å². The third-order valence-corrected chi connectivity index (χ3v) is 5.90. The van der Waals surface area contributed by atoms with Gasteiger partial charge in [-0.1, -0.05) is 5.16 Å². The van der Waals surface area contributed by atoms with E-state index in [4.69, 9.17) is 30.2 Å². The van der Waals surface area contributed by atoms with E-state index in [0.717, 1.165) is 6.42 Å². The van der Waals surface area contributed by atoms with Crippen LogP contribution in [0.5, 0.6) is 17.2 Å². The van der Waals surface area contributed by atoms with Gasteiger partial charge in [-0.25, -0.2) is 0 Å². The first-order valence-electron chi connectivity index (χ1n) is 12.4. The Morgan fingerprint density at radius 1 is 0.973 bits per heavy atom. The van der Waals surface area contributed by atoms with Crippen molar-refractivity contribution in [1.29, 1.82) is 0 Å². The molecule has 2 aromatic carbocycles. The fourth-order valence-corrected chi connectivity index (χ4v) is 4.13. The van der Waals surface area contributed by atoms with Crippen molar-refractivity contribution in [2.45, 2.75) is 52.6 Å². The number of fused-ring (bicyclic) bond motifs is 1. The van der Waals surface area contributed by atoms with E-state index < -0.39 is 0 Å². The third kappa shape index (κ3) is 6.32. The van der Waals surface area contributed by atoms with Crippen molar-refractivity contribution in [2.75, 3.05) is 32.6 Å². The summed E-state index contributed by atoms with van der Waals surface area (Å²) in [6.07, 6.45) is 1.43. The second-order valence-corrected chi connectivity index (χ2v) is 9.18. The number of ether oxygens (including phenoxy) is 3. The van der Waals surface area contributed by atoms with Crippen LogP contribution in [-0.4, -0.2) is 60.7 Å². The summed E-state index contributed by atoms with van der Waals surface area (Å²) in [6.45, 7) is 8.68. The number of carbonyl (C=O) groups is 2. The van der Waals surface area contributed by atoms with Gasteiger partial charge in [-0.05, 0) is 70.9 Å². The van der Waals surface area contributed by atoms with Gasteiger partial charge in [0.05, 0.1) is 32.3 Å². The quantitative estimate of drug-likeness (QED) is 0.197. The van der Waals surface area contributed by atoms with Crippen LogP contribution in [0.1, 0.15) is 61.4 Å². The molecule has 200 valence electrons. The Labute approximate surface area is 216 Å². The molecule has 10 nitrogen and oxygen atoms in total. The predicted octanol–water partition coefficient (Wildman–Crippen LogP) is 4.06. The van der Waals surface area contributed by atoms with Gasteiger partial charge in [0.2, 0.25) is 0 Å². The number of nitrogen functional groups attached to an aromatic ring is 1. The Morgan fingerprint density at radius 3 is 2.19 bits per heavy atom. The number of methoxy groups -OCH3 is 1. The summed E-state index contributed by atoms with van der Waals surface area (Å²) >= 11 is 0. The van der Waals surface area contributed by atoms with Gasteiger partial charge in [0.25, 0.3) is 5.91 Å². The van der Waals surface area contributed by atoms with E-state index in [9.17, 15) is 9.59 Å². The molecule has 4 N–H and O–H groups in total. The maximum absolute atomic E-state index is 13.0. The summed E-state index contributed by atoms with van der Waals surface area (Å²) in [5.74, 6) is 1.17. The number of hydrogen-bond donors (Lipinski definition) is 2. The van der Waals surface area contributed by atoms with Gasteiger partial charge in [0.1, 0.15) is 11.4 Å². The Kier molecular flexibility index (Phi) is 9.35. The van der Waals surface area contributed by atoms with E-state index >= 15 is 0 Å². The summed E-state index contributed by atoms with van der Waals surface area (Å²) < 4.78 is 22.4. The van der Waals surface area contributed by atoms with Gasteiger partial charge in [0, 0.05) is 17.6 Å². The fourth-order valence-electron chi connectivity index (χ4n) is 4.13. The van der Waals surface area contributed by atoms with Crippen molar-refractivity contribution < 1.29 is 28.3 Å². The molecule has 0 spiro atoms. The molecule has 0 atom stereocenters. The highest BCUT2D eigenvalue weighted by atomic mass is 16.5. The van der Waals surface area contributed by atoms with Crippen LogP contribution in [0.25, 0.3) is 11.0 Å². The molecular formula is C27H36N4O6. The van der Waals surface area contributed by atoms with Crippen LogP contribution in [0.15, 0.2) is 34.9 Å². The van der Waals surface area contributed by atoms with Crippen molar-refractivity contribution >= 4 is 28.3 Å². The number of benzene rings is 2. The van der Waals surface area contributed by atoms with Crippen molar-refractivity contribution in [1.82, 2.24) is 10.1 Å². The number of carbonyl (C=O) groups excluding carboxylic acids is 2. The number of amides is 1. The summed E-state index contributed by atoms with van der Waals surface area (Å²) in [5, 5.41) is 4.29. The minimum atomic E-state index is -0.322. The Bertz CT molecular complexity index is 1230. The van der Waals surface area contributed by atoms with E-state index in [2.05, 4.69) is 5.16 Å². The molecule has 0 saturated carbocycles. The molecule has 3 aromatic rings. The average molecular weight is 513 g/mol. The second kappa shape index (κ2) is 12.4. The van der Waals surface area contributed by atoms with Gasteiger partial charge in [-0.2, -0.15) is 0 Å². The van der Waals surface area contributed by atoms with Crippen molar-refractivity contribution in [3.05, 3.63) is 41.6 Å². The van der Waals surface area contributed by atoms with Crippen LogP contribution in [-0.2, 0) is 0 Å². The Morgan fingerprint density at radius 2 is 1.59 bits per heavy atom. The molecule has 0 aliphatic rings. The highest BCUT2D eigenvalue weighted by Crippen LogP contribution is 2.33. The number of nitrogens with zero attached hydrogens (tertiary/aromatic N) is 2. The van der Waals surface area contributed by atoms with Gasteiger partial charge in [-0.3, -0.25) is 9.59 Å². The normalized spacial score (nSPS) is 11.2. The second-order valence-electron chi connectivity index (χ2n) is 9.18. The molecule has 0 saturated heterocycles. The standard InChI is InChI=1S/C27H36N4O6/c1-16(2)31(17(3)4)27(33)18-8-10-21(23(14-18)34-5)35-12-6-7-13-36-22-11-9-19-25(20(32)15-28)30-37-26(19)24(22)29/h8-11,14,16-17H,6-7,12-13,15,28-29H2,1-5H3. The van der Waals surface area contributed by atoms with E-state index in [-0.39, 0.29) is 41.7 Å². The topological polar surface area (TPSA) is 143 Å². The van der Waals surface area contributed by atoms with Crippen LogP contribution in [0.2, 0.25) is 0 Å². The fraction of sp³-hybridized carbons (Fsp3) is 0.444. The van der Waals surface area contributed by atoms with Crippen LogP contribution < -0.4 is 25.7 Å². The van der Waals surface area contributed by atoms with E-state index in [0.29, 0.717) is 53.4 Å². The van der Waals surface area contributed by atoms with Crippen LogP contribution in [0.4, 0.5) is 5.69 Å². The lowest BCUT2D eigenvalue weighted by Gasteiger charge is -2.31. The molecule has 0 radical (unpaired) electrons. The first-order chi connectivity index (χ1) is 17.7. The molecule has 37 heavy (non-hydrogen) atoms. The highest BCUT2D eigenvalue weighted by molar-refractivity contribution is 6.08. The lowest BCUT2D eigenvalue weighted by atomic mass is 10.1. The molecule has 3 rings (SSSR count). The van der Waals surface area contributed by atoms with Crippen molar-refractivity contribution in [2.24, 2.45) is 5.73 Å². The summed E-state index contributed by atoms with van der Waals surface area (Å²) in [6, 6.07) is 8.78. The predicted molar refractivity (Wildman–Crippen MR) is 141 cm³/mol. The molecule has 10 heteroatoms. The van der Waals surface area contributed by atoms with E-state index in [1.54, 1.807) is 37.4 Å². The van der Waals surface area contributed by atoms with E-state index in [1.807, 2.05) is 32.6 Å². The zero-order chi connectivity index (χ0) is 27.1. The minimum absolute atomic E-state index is 0.0445. The summed E-state index contributed by atoms with van der Waals surface area (Å²) in [7, 11) is 1.55. The molecule has 0 aliphatic heterocycles. The number of Topliss-reactive ketones (excluding diaryl/α,β-unsaturated/α-hetero) is 1. The van der Waals surface area contributed by atoms with Crippen LogP contribution in [0, 0.1) is 0 Å². The molecule has 1 heterocycles. The zero-order valence-electron chi connectivity index (χ0n) is 22.1. The first kappa shape index (κ1) is 27.8. The smallest absolute Gasteiger partial charge is 0.254 e. The monoisotopic (exact) mass is 512 g/mol. The Balaban J connectivity index is 1.52. The molecule has 1 amide bonds. The minimum Gasteiger partial charge on any atom is -0.493 e. The SMILES string of the molecule is COc1cc(C(=O)N(C(C)C)C(C)C)ccc1OCCCCOc1ccc2c(C(=O)CN)noc2c1N. The Hall–Kier alpha value is -3.79. The number of unbranched alkanes of at least 4 members (excludes halogenated alkanes) is 1. The van der Waals surface area contributed by atoms with Crippen LogP contribution in [0.3, 0.4) is 0 Å². The lowest BCUT2D eigenvalue weighted by molar-refractivity contribution is 0.0643. The molecule has 0 bridgehead atoms. The van der Waals surface area contributed by atoms with Gasteiger partial charge in [0.15, 0.2) is 28.6 Å². The number of rotatable bonds is 13. The number of ketones is 1.